The van der Waals surface area contributed by atoms with E-state index < -0.39 is 0 Å². The summed E-state index contributed by atoms with van der Waals surface area (Å²) in [6.45, 7) is 6.18. The van der Waals surface area contributed by atoms with Crippen LogP contribution in [-0.2, 0) is 6.54 Å². The molecule has 9 heteroatoms. The van der Waals surface area contributed by atoms with Crippen molar-refractivity contribution in [2.45, 2.75) is 13.5 Å². The van der Waals surface area contributed by atoms with E-state index in [1.807, 2.05) is 48.7 Å². The minimum absolute atomic E-state index is 0.205. The molecule has 1 fully saturated rings. The van der Waals surface area contributed by atoms with Gasteiger partial charge in [-0.25, -0.2) is 14.1 Å². The van der Waals surface area contributed by atoms with Gasteiger partial charge in [-0.1, -0.05) is 30.3 Å². The summed E-state index contributed by atoms with van der Waals surface area (Å²) in [4.78, 5) is 15.5. The first-order valence-electron chi connectivity index (χ1n) is 11.9. The maximum atomic E-state index is 13.2. The lowest BCUT2D eigenvalue weighted by molar-refractivity contribution is 0.248. The number of aromatic nitrogens is 4. The number of fused-ring (bicyclic) bond motifs is 1. The van der Waals surface area contributed by atoms with Gasteiger partial charge in [-0.3, -0.25) is 4.90 Å². The molecule has 2 aromatic carbocycles. The SMILES string of the molecule is Cc1cccc(-n2nc3nc(N4CCN(Cc5ccc(F)cc5)CC4)nc(-c4cccs4)c3c2N)c1. The van der Waals surface area contributed by atoms with Crippen LogP contribution in [0.3, 0.4) is 0 Å². The third kappa shape index (κ3) is 4.31. The Morgan fingerprint density at radius 3 is 2.50 bits per heavy atom. The average Bonchev–Trinajstić information content (AvgIpc) is 3.54. The van der Waals surface area contributed by atoms with E-state index in [9.17, 15) is 4.39 Å². The molecular weight excluding hydrogens is 473 g/mol. The Balaban J connectivity index is 1.32. The zero-order valence-electron chi connectivity index (χ0n) is 19.9. The highest BCUT2D eigenvalue weighted by Crippen LogP contribution is 2.35. The second-order valence-electron chi connectivity index (χ2n) is 9.07. The van der Waals surface area contributed by atoms with Crippen molar-refractivity contribution < 1.29 is 4.39 Å². The minimum atomic E-state index is -0.205. The lowest BCUT2D eigenvalue weighted by atomic mass is 10.2. The summed E-state index contributed by atoms with van der Waals surface area (Å²) < 4.78 is 15.0. The Morgan fingerprint density at radius 1 is 0.972 bits per heavy atom. The molecule has 0 saturated carbocycles. The molecule has 0 aliphatic carbocycles. The molecule has 5 aromatic rings. The van der Waals surface area contributed by atoms with E-state index in [0.717, 1.165) is 65.5 Å². The van der Waals surface area contributed by atoms with Crippen LogP contribution in [-0.4, -0.2) is 50.8 Å². The van der Waals surface area contributed by atoms with E-state index in [-0.39, 0.29) is 5.82 Å². The quantitative estimate of drug-likeness (QED) is 0.371. The summed E-state index contributed by atoms with van der Waals surface area (Å²) in [5.41, 5.74) is 11.2. The summed E-state index contributed by atoms with van der Waals surface area (Å²) in [5.74, 6) is 0.999. The number of piperazine rings is 1. The van der Waals surface area contributed by atoms with Gasteiger partial charge in [-0.05, 0) is 53.8 Å². The Morgan fingerprint density at radius 2 is 1.78 bits per heavy atom. The molecule has 0 radical (unpaired) electrons. The van der Waals surface area contributed by atoms with Crippen LogP contribution in [0.4, 0.5) is 16.2 Å². The molecule has 2 N–H and O–H groups in total. The predicted octanol–water partition coefficient (Wildman–Crippen LogP) is 4.90. The second-order valence-corrected chi connectivity index (χ2v) is 10.0. The van der Waals surface area contributed by atoms with Gasteiger partial charge in [0.2, 0.25) is 5.95 Å². The van der Waals surface area contributed by atoms with Crippen molar-refractivity contribution in [1.82, 2.24) is 24.6 Å². The summed E-state index contributed by atoms with van der Waals surface area (Å²) in [7, 11) is 0. The summed E-state index contributed by atoms with van der Waals surface area (Å²) in [5, 5.41) is 7.62. The largest absolute Gasteiger partial charge is 0.383 e. The van der Waals surface area contributed by atoms with Crippen molar-refractivity contribution in [3.8, 4) is 16.3 Å². The number of thiophene rings is 1. The summed E-state index contributed by atoms with van der Waals surface area (Å²) in [6, 6.07) is 18.9. The Labute approximate surface area is 212 Å². The van der Waals surface area contributed by atoms with Gasteiger partial charge in [0.05, 0.1) is 21.6 Å². The summed E-state index contributed by atoms with van der Waals surface area (Å²) >= 11 is 1.63. The van der Waals surface area contributed by atoms with E-state index in [2.05, 4.69) is 21.9 Å². The van der Waals surface area contributed by atoms with Crippen molar-refractivity contribution >= 4 is 34.1 Å². The van der Waals surface area contributed by atoms with Gasteiger partial charge < -0.3 is 10.6 Å². The molecule has 1 aliphatic rings. The first-order valence-corrected chi connectivity index (χ1v) is 12.8. The van der Waals surface area contributed by atoms with Crippen LogP contribution < -0.4 is 10.6 Å². The fourth-order valence-corrected chi connectivity index (χ4v) is 5.36. The van der Waals surface area contributed by atoms with Gasteiger partial charge >= 0.3 is 0 Å². The number of hydrogen-bond donors (Lipinski definition) is 1. The smallest absolute Gasteiger partial charge is 0.228 e. The normalized spacial score (nSPS) is 14.6. The minimum Gasteiger partial charge on any atom is -0.383 e. The zero-order valence-corrected chi connectivity index (χ0v) is 20.7. The summed E-state index contributed by atoms with van der Waals surface area (Å²) in [6.07, 6.45) is 0. The third-order valence-corrected chi connectivity index (χ3v) is 7.41. The van der Waals surface area contributed by atoms with Crippen LogP contribution >= 0.6 is 11.3 Å². The second kappa shape index (κ2) is 9.33. The molecular formula is C27H26FN7S. The zero-order chi connectivity index (χ0) is 24.6. The lowest BCUT2D eigenvalue weighted by Gasteiger charge is -2.34. The Hall–Kier alpha value is -3.82. The average molecular weight is 500 g/mol. The third-order valence-electron chi connectivity index (χ3n) is 6.53. The van der Waals surface area contributed by atoms with E-state index >= 15 is 0 Å². The highest BCUT2D eigenvalue weighted by atomic mass is 32.1. The number of nitrogens with zero attached hydrogens (tertiary/aromatic N) is 6. The van der Waals surface area contributed by atoms with Crippen molar-refractivity contribution in [2.75, 3.05) is 36.8 Å². The molecule has 1 saturated heterocycles. The van der Waals surface area contributed by atoms with Crippen molar-refractivity contribution in [3.63, 3.8) is 0 Å². The van der Waals surface area contributed by atoms with Crippen LogP contribution in [0.5, 0.6) is 0 Å². The predicted molar refractivity (Wildman–Crippen MR) is 143 cm³/mol. The van der Waals surface area contributed by atoms with E-state index in [1.165, 1.54) is 12.1 Å². The van der Waals surface area contributed by atoms with Gasteiger partial charge in [0, 0.05) is 32.7 Å². The van der Waals surface area contributed by atoms with Crippen molar-refractivity contribution in [2.24, 2.45) is 0 Å². The highest BCUT2D eigenvalue weighted by molar-refractivity contribution is 7.13. The monoisotopic (exact) mass is 499 g/mol. The lowest BCUT2D eigenvalue weighted by Crippen LogP contribution is -2.46. The van der Waals surface area contributed by atoms with Gasteiger partial charge in [0.15, 0.2) is 5.65 Å². The number of aryl methyl sites for hydroxylation is 1. The molecule has 0 bridgehead atoms. The van der Waals surface area contributed by atoms with Crippen molar-refractivity contribution in [3.05, 3.63) is 83.0 Å². The number of nitrogen functional groups attached to an aromatic ring is 1. The molecule has 7 nitrogen and oxygen atoms in total. The maximum absolute atomic E-state index is 13.2. The molecule has 182 valence electrons. The number of benzene rings is 2. The topological polar surface area (TPSA) is 76.1 Å². The van der Waals surface area contributed by atoms with Gasteiger partial charge in [0.25, 0.3) is 0 Å². The van der Waals surface area contributed by atoms with Gasteiger partial charge in [0.1, 0.15) is 11.6 Å². The number of nitrogens with two attached hydrogens (primary N) is 1. The highest BCUT2D eigenvalue weighted by Gasteiger charge is 2.24. The Bertz CT molecular complexity index is 1500. The molecule has 4 heterocycles. The fourth-order valence-electron chi connectivity index (χ4n) is 4.64. The number of halogens is 1. The van der Waals surface area contributed by atoms with E-state index in [1.54, 1.807) is 16.0 Å². The van der Waals surface area contributed by atoms with Crippen LogP contribution in [0.1, 0.15) is 11.1 Å². The standard InChI is InChI=1S/C27H26FN7S/c1-18-4-2-5-21(16-18)35-25(29)23-24(22-6-3-15-36-22)30-27(31-26(23)32-35)34-13-11-33(12-14-34)17-19-7-9-20(28)10-8-19/h2-10,15-16H,11-14,17,29H2,1H3. The fraction of sp³-hybridized carbons (Fsp3) is 0.222. The molecule has 0 atom stereocenters. The van der Waals surface area contributed by atoms with Crippen LogP contribution in [0, 0.1) is 12.7 Å². The molecule has 0 spiro atoms. The van der Waals surface area contributed by atoms with Gasteiger partial charge in [-0.2, -0.15) is 4.98 Å². The maximum Gasteiger partial charge on any atom is 0.228 e. The Kier molecular flexibility index (Phi) is 5.86. The van der Waals surface area contributed by atoms with Crippen LogP contribution in [0.2, 0.25) is 0 Å². The number of hydrogen-bond acceptors (Lipinski definition) is 7. The number of anilines is 2. The molecule has 3 aromatic heterocycles. The first kappa shape index (κ1) is 22.6. The van der Waals surface area contributed by atoms with Gasteiger partial charge in [-0.15, -0.1) is 16.4 Å². The van der Waals surface area contributed by atoms with Crippen LogP contribution in [0.25, 0.3) is 27.3 Å². The van der Waals surface area contributed by atoms with Crippen LogP contribution in [0.15, 0.2) is 66.0 Å². The van der Waals surface area contributed by atoms with Crippen molar-refractivity contribution in [1.29, 1.82) is 0 Å². The number of rotatable bonds is 5. The van der Waals surface area contributed by atoms with E-state index in [0.29, 0.717) is 17.4 Å². The molecule has 0 amide bonds. The first-order chi connectivity index (χ1) is 17.5. The van der Waals surface area contributed by atoms with E-state index in [4.69, 9.17) is 20.8 Å². The molecule has 0 unspecified atom stereocenters. The molecule has 6 rings (SSSR count). The molecule has 1 aliphatic heterocycles. The molecule has 36 heavy (non-hydrogen) atoms.